The molecule has 2 N–H and O–H groups in total. The van der Waals surface area contributed by atoms with Gasteiger partial charge in [-0.2, -0.15) is 0 Å². The van der Waals surface area contributed by atoms with Crippen molar-refractivity contribution in [1.29, 1.82) is 0 Å². The lowest BCUT2D eigenvalue weighted by Gasteiger charge is -2.16. The normalized spacial score (nSPS) is 11.4. The fraction of sp³-hybridized carbons (Fsp3) is 0.533. The van der Waals surface area contributed by atoms with Crippen LogP contribution in [-0.2, 0) is 16.4 Å². The summed E-state index contributed by atoms with van der Waals surface area (Å²) in [6, 6.07) is 10.2. The first kappa shape index (κ1) is 18.9. The van der Waals surface area contributed by atoms with Gasteiger partial charge in [0, 0.05) is 26.7 Å². The first-order valence-corrected chi connectivity index (χ1v) is 9.47. The van der Waals surface area contributed by atoms with E-state index in [1.165, 1.54) is 9.87 Å². The van der Waals surface area contributed by atoms with Gasteiger partial charge in [-0.3, -0.25) is 0 Å². The second kappa shape index (κ2) is 9.76. The molecule has 0 aliphatic heterocycles. The molecule has 0 saturated heterocycles. The van der Waals surface area contributed by atoms with E-state index in [2.05, 4.69) is 22.8 Å². The minimum atomic E-state index is -3.09. The smallest absolute Gasteiger partial charge is 0.213 e. The van der Waals surface area contributed by atoms with Crippen LogP contribution in [0.5, 0.6) is 0 Å². The summed E-state index contributed by atoms with van der Waals surface area (Å²) in [4.78, 5) is 0. The van der Waals surface area contributed by atoms with E-state index in [-0.39, 0.29) is 5.75 Å². The lowest BCUT2D eigenvalue weighted by molar-refractivity contribution is 0.461. The fourth-order valence-electron chi connectivity index (χ4n) is 1.89. The Morgan fingerprint density at radius 3 is 2.45 bits per heavy atom. The predicted molar refractivity (Wildman–Crippen MR) is 95.5 cm³/mol. The number of benzene rings is 1. The van der Waals surface area contributed by atoms with Crippen LogP contribution in [-0.4, -0.2) is 50.3 Å². The number of nitrogens with one attached hydrogen (secondary N) is 2. The number of sulfonamides is 1. The highest BCUT2D eigenvalue weighted by Crippen LogP contribution is 1.99. The van der Waals surface area contributed by atoms with Gasteiger partial charge in [0.2, 0.25) is 10.0 Å². The lowest BCUT2D eigenvalue weighted by atomic mass is 10.1. The van der Waals surface area contributed by atoms with E-state index in [4.69, 9.17) is 12.2 Å². The van der Waals surface area contributed by atoms with Crippen molar-refractivity contribution in [2.75, 3.05) is 32.4 Å². The SMILES string of the molecule is CCS(=O)(=O)N(C)CCCNC(=S)NCCc1ccccc1. The van der Waals surface area contributed by atoms with Gasteiger partial charge >= 0.3 is 0 Å². The Bertz CT molecular complexity index is 547. The highest BCUT2D eigenvalue weighted by Gasteiger charge is 2.13. The molecule has 0 aliphatic rings. The largest absolute Gasteiger partial charge is 0.363 e. The van der Waals surface area contributed by atoms with Gasteiger partial charge in [-0.05, 0) is 37.5 Å². The molecule has 5 nitrogen and oxygen atoms in total. The summed E-state index contributed by atoms with van der Waals surface area (Å²) in [6.45, 7) is 3.58. The summed E-state index contributed by atoms with van der Waals surface area (Å²) in [7, 11) is -1.48. The molecule has 7 heteroatoms. The molecule has 0 atom stereocenters. The summed E-state index contributed by atoms with van der Waals surface area (Å²) in [5, 5.41) is 6.85. The second-order valence-corrected chi connectivity index (χ2v) is 7.77. The van der Waals surface area contributed by atoms with Crippen LogP contribution in [0.15, 0.2) is 30.3 Å². The van der Waals surface area contributed by atoms with Gasteiger partial charge in [0.1, 0.15) is 0 Å². The van der Waals surface area contributed by atoms with Crippen LogP contribution in [0.2, 0.25) is 0 Å². The number of hydrogen-bond acceptors (Lipinski definition) is 3. The Hall–Kier alpha value is -1.18. The maximum Gasteiger partial charge on any atom is 0.213 e. The van der Waals surface area contributed by atoms with Crippen LogP contribution in [0.1, 0.15) is 18.9 Å². The van der Waals surface area contributed by atoms with Gasteiger partial charge in [-0.15, -0.1) is 0 Å². The number of thiocarbonyl (C=S) groups is 1. The third kappa shape index (κ3) is 7.20. The number of nitrogens with zero attached hydrogens (tertiary/aromatic N) is 1. The van der Waals surface area contributed by atoms with Crippen LogP contribution in [0.25, 0.3) is 0 Å². The molecule has 0 fully saturated rings. The molecule has 0 aliphatic carbocycles. The average molecular weight is 344 g/mol. The Morgan fingerprint density at radius 1 is 1.18 bits per heavy atom. The standard InChI is InChI=1S/C15H25N3O2S2/c1-3-22(19,20)18(2)13-7-11-16-15(21)17-12-10-14-8-5-4-6-9-14/h4-6,8-9H,3,7,10-13H2,1-2H3,(H2,16,17,21). The third-order valence-corrected chi connectivity index (χ3v) is 5.47. The Labute approximate surface area is 139 Å². The van der Waals surface area contributed by atoms with E-state index in [1.807, 2.05) is 18.2 Å². The molecule has 0 radical (unpaired) electrons. The molecule has 0 bridgehead atoms. The highest BCUT2D eigenvalue weighted by molar-refractivity contribution is 7.89. The summed E-state index contributed by atoms with van der Waals surface area (Å²) in [5.41, 5.74) is 1.27. The van der Waals surface area contributed by atoms with Gasteiger partial charge < -0.3 is 10.6 Å². The van der Waals surface area contributed by atoms with Gasteiger partial charge in [0.25, 0.3) is 0 Å². The molecular weight excluding hydrogens is 318 g/mol. The van der Waals surface area contributed by atoms with Gasteiger partial charge in [0.15, 0.2) is 5.11 Å². The molecule has 22 heavy (non-hydrogen) atoms. The molecule has 0 spiro atoms. The topological polar surface area (TPSA) is 61.4 Å². The number of hydrogen-bond donors (Lipinski definition) is 2. The maximum absolute atomic E-state index is 11.6. The summed E-state index contributed by atoms with van der Waals surface area (Å²) in [6.07, 6.45) is 1.64. The molecule has 0 amide bonds. The highest BCUT2D eigenvalue weighted by atomic mass is 32.2. The summed E-state index contributed by atoms with van der Waals surface area (Å²) >= 11 is 5.19. The first-order valence-electron chi connectivity index (χ1n) is 7.45. The van der Waals surface area contributed by atoms with E-state index in [1.54, 1.807) is 14.0 Å². The van der Waals surface area contributed by atoms with E-state index in [0.717, 1.165) is 19.4 Å². The monoisotopic (exact) mass is 343 g/mol. The molecule has 124 valence electrons. The average Bonchev–Trinajstić information content (AvgIpc) is 2.52. The van der Waals surface area contributed by atoms with Crippen molar-refractivity contribution in [3.63, 3.8) is 0 Å². The van der Waals surface area contributed by atoms with Crippen molar-refractivity contribution in [1.82, 2.24) is 14.9 Å². The van der Waals surface area contributed by atoms with Crippen molar-refractivity contribution in [3.05, 3.63) is 35.9 Å². The van der Waals surface area contributed by atoms with Crippen molar-refractivity contribution < 1.29 is 8.42 Å². The fourth-order valence-corrected chi connectivity index (χ4v) is 2.94. The molecular formula is C15H25N3O2S2. The van der Waals surface area contributed by atoms with Crippen LogP contribution in [0, 0.1) is 0 Å². The Morgan fingerprint density at radius 2 is 1.82 bits per heavy atom. The van der Waals surface area contributed by atoms with Crippen LogP contribution < -0.4 is 10.6 Å². The number of rotatable bonds is 9. The third-order valence-electron chi connectivity index (χ3n) is 3.32. The quantitative estimate of drug-likeness (QED) is 0.524. The first-order chi connectivity index (χ1) is 10.5. The van der Waals surface area contributed by atoms with Gasteiger partial charge in [-0.1, -0.05) is 30.3 Å². The van der Waals surface area contributed by atoms with Crippen LogP contribution in [0.4, 0.5) is 0 Å². The van der Waals surface area contributed by atoms with Crippen molar-refractivity contribution >= 4 is 27.4 Å². The van der Waals surface area contributed by atoms with E-state index < -0.39 is 10.0 Å². The molecule has 1 aromatic carbocycles. The zero-order valence-corrected chi connectivity index (χ0v) is 14.8. The minimum Gasteiger partial charge on any atom is -0.363 e. The molecule has 0 heterocycles. The van der Waals surface area contributed by atoms with Gasteiger partial charge in [-0.25, -0.2) is 12.7 Å². The van der Waals surface area contributed by atoms with E-state index in [0.29, 0.717) is 18.2 Å². The van der Waals surface area contributed by atoms with Gasteiger partial charge in [0.05, 0.1) is 5.75 Å². The molecule has 1 aromatic rings. The van der Waals surface area contributed by atoms with Crippen LogP contribution in [0.3, 0.4) is 0 Å². The van der Waals surface area contributed by atoms with Crippen LogP contribution >= 0.6 is 12.2 Å². The zero-order chi connectivity index (χ0) is 16.4. The Balaban J connectivity index is 2.11. The lowest BCUT2D eigenvalue weighted by Crippen LogP contribution is -2.38. The predicted octanol–water partition coefficient (Wildman–Crippen LogP) is 1.36. The second-order valence-electron chi connectivity index (χ2n) is 4.99. The maximum atomic E-state index is 11.6. The van der Waals surface area contributed by atoms with E-state index in [9.17, 15) is 8.42 Å². The summed E-state index contributed by atoms with van der Waals surface area (Å²) in [5.74, 6) is 0.135. The van der Waals surface area contributed by atoms with E-state index >= 15 is 0 Å². The van der Waals surface area contributed by atoms with Crippen molar-refractivity contribution in [2.45, 2.75) is 19.8 Å². The zero-order valence-electron chi connectivity index (χ0n) is 13.2. The minimum absolute atomic E-state index is 0.135. The molecule has 0 saturated carbocycles. The molecule has 0 aromatic heterocycles. The van der Waals surface area contributed by atoms with Crippen molar-refractivity contribution in [3.8, 4) is 0 Å². The molecule has 0 unspecified atom stereocenters. The van der Waals surface area contributed by atoms with Crippen molar-refractivity contribution in [2.24, 2.45) is 0 Å². The Kier molecular flexibility index (Phi) is 8.37. The molecule has 1 rings (SSSR count). The summed E-state index contributed by atoms with van der Waals surface area (Å²) < 4.78 is 24.5.